The molecule has 29 heavy (non-hydrogen) atoms. The normalized spacial score (nSPS) is 18.4. The number of rotatable bonds is 4. The summed E-state index contributed by atoms with van der Waals surface area (Å²) in [6, 6.07) is 10.8. The van der Waals surface area contributed by atoms with Crippen LogP contribution in [0.5, 0.6) is 0 Å². The Balaban J connectivity index is 1.77. The van der Waals surface area contributed by atoms with Gasteiger partial charge in [-0.1, -0.05) is 43.2 Å². The predicted octanol–water partition coefficient (Wildman–Crippen LogP) is 2.66. The van der Waals surface area contributed by atoms with Gasteiger partial charge < -0.3 is 20.0 Å². The van der Waals surface area contributed by atoms with Gasteiger partial charge >= 0.3 is 0 Å². The fourth-order valence-corrected chi connectivity index (χ4v) is 3.53. The fourth-order valence-electron chi connectivity index (χ4n) is 3.53. The van der Waals surface area contributed by atoms with E-state index in [0.29, 0.717) is 18.7 Å². The van der Waals surface area contributed by atoms with E-state index in [-0.39, 0.29) is 36.7 Å². The number of carbonyl (C=O) groups is 3. The molecule has 0 aliphatic carbocycles. The summed E-state index contributed by atoms with van der Waals surface area (Å²) in [5, 5.41) is 5.60. The molecule has 0 bridgehead atoms. The average Bonchev–Trinajstić information content (AvgIpc) is 3.27. The molecular formula is C22H27N3O4. The van der Waals surface area contributed by atoms with Crippen molar-refractivity contribution in [3.8, 4) is 0 Å². The summed E-state index contributed by atoms with van der Waals surface area (Å²) < 4.78 is 4.91. The van der Waals surface area contributed by atoms with E-state index in [9.17, 15) is 14.4 Å². The molecule has 0 saturated carbocycles. The molecule has 1 aromatic carbocycles. The van der Waals surface area contributed by atoms with E-state index in [1.54, 1.807) is 11.0 Å². The van der Waals surface area contributed by atoms with E-state index in [1.807, 2.05) is 30.3 Å². The Morgan fingerprint density at radius 2 is 1.90 bits per heavy atom. The molecule has 1 aliphatic rings. The van der Waals surface area contributed by atoms with Crippen LogP contribution in [0.15, 0.2) is 53.3 Å². The third kappa shape index (κ3) is 5.94. The van der Waals surface area contributed by atoms with Gasteiger partial charge in [0.2, 0.25) is 11.8 Å². The minimum atomic E-state index is -0.368. The van der Waals surface area contributed by atoms with Crippen LogP contribution in [0.4, 0.5) is 0 Å². The highest BCUT2D eigenvalue weighted by atomic mass is 16.3. The SMILES string of the molecule is O=C1CC(c2ccccc2)N(C(=O)CNC(=O)c2ccoc2)CCCCCCN1. The van der Waals surface area contributed by atoms with Crippen LogP contribution in [-0.4, -0.2) is 42.3 Å². The van der Waals surface area contributed by atoms with Crippen LogP contribution < -0.4 is 10.6 Å². The number of carbonyl (C=O) groups excluding carboxylic acids is 3. The van der Waals surface area contributed by atoms with Crippen molar-refractivity contribution in [2.75, 3.05) is 19.6 Å². The first-order chi connectivity index (χ1) is 14.1. The van der Waals surface area contributed by atoms with Crippen molar-refractivity contribution in [3.05, 3.63) is 60.1 Å². The van der Waals surface area contributed by atoms with E-state index in [0.717, 1.165) is 31.2 Å². The number of hydrogen-bond donors (Lipinski definition) is 2. The molecule has 1 saturated heterocycles. The maximum atomic E-state index is 13.1. The molecule has 1 fully saturated rings. The highest BCUT2D eigenvalue weighted by Crippen LogP contribution is 2.25. The Morgan fingerprint density at radius 3 is 2.66 bits per heavy atom. The van der Waals surface area contributed by atoms with Gasteiger partial charge in [-0.25, -0.2) is 0 Å². The van der Waals surface area contributed by atoms with Crippen LogP contribution in [0.2, 0.25) is 0 Å². The van der Waals surface area contributed by atoms with E-state index in [2.05, 4.69) is 10.6 Å². The van der Waals surface area contributed by atoms with Gasteiger partial charge in [-0.3, -0.25) is 14.4 Å². The lowest BCUT2D eigenvalue weighted by molar-refractivity contribution is -0.134. The molecule has 2 N–H and O–H groups in total. The smallest absolute Gasteiger partial charge is 0.254 e. The van der Waals surface area contributed by atoms with Gasteiger partial charge in [-0.2, -0.15) is 0 Å². The molecular weight excluding hydrogens is 370 g/mol. The first-order valence-corrected chi connectivity index (χ1v) is 10.1. The zero-order chi connectivity index (χ0) is 20.5. The summed E-state index contributed by atoms with van der Waals surface area (Å²) in [5.41, 5.74) is 1.28. The van der Waals surface area contributed by atoms with E-state index in [1.165, 1.54) is 12.5 Å². The van der Waals surface area contributed by atoms with Crippen molar-refractivity contribution in [3.63, 3.8) is 0 Å². The van der Waals surface area contributed by atoms with Crippen molar-refractivity contribution < 1.29 is 18.8 Å². The van der Waals surface area contributed by atoms with Crippen molar-refractivity contribution in [2.45, 2.75) is 38.1 Å². The monoisotopic (exact) mass is 397 g/mol. The van der Waals surface area contributed by atoms with Gasteiger partial charge in [-0.15, -0.1) is 0 Å². The van der Waals surface area contributed by atoms with E-state index >= 15 is 0 Å². The molecule has 7 nitrogen and oxygen atoms in total. The number of amides is 3. The van der Waals surface area contributed by atoms with Gasteiger partial charge in [0.05, 0.1) is 30.8 Å². The zero-order valence-corrected chi connectivity index (χ0v) is 16.4. The fraction of sp³-hybridized carbons (Fsp3) is 0.409. The average molecular weight is 397 g/mol. The van der Waals surface area contributed by atoms with E-state index in [4.69, 9.17) is 4.42 Å². The second kappa shape index (κ2) is 10.5. The highest BCUT2D eigenvalue weighted by molar-refractivity contribution is 5.96. The van der Waals surface area contributed by atoms with Gasteiger partial charge in [0.1, 0.15) is 6.26 Å². The standard InChI is InChI=1S/C22H27N3O4/c26-20-14-19(17-8-4-3-5-9-17)25(12-7-2-1-6-11-23-20)21(27)15-24-22(28)18-10-13-29-16-18/h3-5,8-10,13,16,19H,1-2,6-7,11-12,14-15H2,(H,23,26)(H,24,28). The molecule has 2 heterocycles. The zero-order valence-electron chi connectivity index (χ0n) is 16.4. The topological polar surface area (TPSA) is 91.7 Å². The summed E-state index contributed by atoms with van der Waals surface area (Å²) in [6.45, 7) is 1.08. The molecule has 154 valence electrons. The second-order valence-corrected chi connectivity index (χ2v) is 7.18. The van der Waals surface area contributed by atoms with Crippen LogP contribution in [0.1, 0.15) is 54.1 Å². The molecule has 0 spiro atoms. The number of nitrogens with zero attached hydrogens (tertiary/aromatic N) is 1. The molecule has 3 amide bonds. The second-order valence-electron chi connectivity index (χ2n) is 7.18. The third-order valence-electron chi connectivity index (χ3n) is 5.09. The van der Waals surface area contributed by atoms with Gasteiger partial charge in [0, 0.05) is 13.1 Å². The van der Waals surface area contributed by atoms with E-state index < -0.39 is 0 Å². The summed E-state index contributed by atoms with van der Waals surface area (Å²) in [4.78, 5) is 39.4. The van der Waals surface area contributed by atoms with Crippen LogP contribution in [0, 0.1) is 0 Å². The molecule has 2 aromatic rings. The number of nitrogens with one attached hydrogen (secondary N) is 2. The lowest BCUT2D eigenvalue weighted by Crippen LogP contribution is -2.44. The Morgan fingerprint density at radius 1 is 1.10 bits per heavy atom. The molecule has 1 aliphatic heterocycles. The maximum Gasteiger partial charge on any atom is 0.254 e. The molecule has 3 rings (SSSR count). The number of hydrogen-bond acceptors (Lipinski definition) is 4. The minimum absolute atomic E-state index is 0.0685. The Labute approximate surface area is 170 Å². The summed E-state index contributed by atoms with van der Waals surface area (Å²) in [5.74, 6) is -0.636. The Kier molecular flexibility index (Phi) is 7.44. The quantitative estimate of drug-likeness (QED) is 0.830. The number of benzene rings is 1. The van der Waals surface area contributed by atoms with Crippen molar-refractivity contribution in [2.24, 2.45) is 0 Å². The Hall–Kier alpha value is -3.09. The number of furan rings is 1. The van der Waals surface area contributed by atoms with Gasteiger partial charge in [0.25, 0.3) is 5.91 Å². The van der Waals surface area contributed by atoms with Gasteiger partial charge in [0.15, 0.2) is 0 Å². The lowest BCUT2D eigenvalue weighted by atomic mass is 10.0. The lowest BCUT2D eigenvalue weighted by Gasteiger charge is -2.32. The van der Waals surface area contributed by atoms with Crippen molar-refractivity contribution >= 4 is 17.7 Å². The van der Waals surface area contributed by atoms with Crippen LogP contribution in [0.3, 0.4) is 0 Å². The Bertz CT molecular complexity index is 805. The summed E-state index contributed by atoms with van der Waals surface area (Å²) in [7, 11) is 0. The molecule has 1 unspecified atom stereocenters. The molecule has 1 aromatic heterocycles. The predicted molar refractivity (Wildman–Crippen MR) is 108 cm³/mol. The van der Waals surface area contributed by atoms with Crippen LogP contribution in [-0.2, 0) is 9.59 Å². The van der Waals surface area contributed by atoms with Gasteiger partial charge in [-0.05, 0) is 24.5 Å². The minimum Gasteiger partial charge on any atom is -0.472 e. The molecule has 0 radical (unpaired) electrons. The largest absolute Gasteiger partial charge is 0.472 e. The summed E-state index contributed by atoms with van der Waals surface area (Å²) >= 11 is 0. The van der Waals surface area contributed by atoms with Crippen molar-refractivity contribution in [1.82, 2.24) is 15.5 Å². The first kappa shape index (κ1) is 20.6. The molecule has 7 heteroatoms. The maximum absolute atomic E-state index is 13.1. The van der Waals surface area contributed by atoms with Crippen LogP contribution in [0.25, 0.3) is 0 Å². The van der Waals surface area contributed by atoms with Crippen molar-refractivity contribution in [1.29, 1.82) is 0 Å². The summed E-state index contributed by atoms with van der Waals surface area (Å²) in [6.07, 6.45) is 6.75. The van der Waals surface area contributed by atoms with Crippen LogP contribution >= 0.6 is 0 Å². The highest BCUT2D eigenvalue weighted by Gasteiger charge is 2.27. The first-order valence-electron chi connectivity index (χ1n) is 10.1. The molecule has 1 atom stereocenters. The third-order valence-corrected chi connectivity index (χ3v) is 5.09.